The third-order valence-electron chi connectivity index (χ3n) is 2.47. The summed E-state index contributed by atoms with van der Waals surface area (Å²) >= 11 is 5.02. The molecule has 5 nitrogen and oxygen atoms in total. The van der Waals surface area contributed by atoms with Crippen LogP contribution in [0.1, 0.15) is 28.8 Å². The minimum absolute atomic E-state index is 0.212. The van der Waals surface area contributed by atoms with Crippen molar-refractivity contribution in [3.8, 4) is 0 Å². The van der Waals surface area contributed by atoms with Crippen LogP contribution in [0.2, 0.25) is 0 Å². The molecule has 0 bridgehead atoms. The van der Waals surface area contributed by atoms with E-state index in [2.05, 4.69) is 15.8 Å². The third kappa shape index (κ3) is 3.53. The van der Waals surface area contributed by atoms with Gasteiger partial charge in [0.1, 0.15) is 0 Å². The molecule has 1 saturated carbocycles. The molecule has 0 spiro atoms. The summed E-state index contributed by atoms with van der Waals surface area (Å²) in [5.74, 6) is -0.976. The van der Waals surface area contributed by atoms with E-state index < -0.39 is 5.97 Å². The molecule has 3 N–H and O–H groups in total. The van der Waals surface area contributed by atoms with Gasteiger partial charge in [-0.2, -0.15) is 5.10 Å². The average molecular weight is 263 g/mol. The molecule has 0 atom stereocenters. The summed E-state index contributed by atoms with van der Waals surface area (Å²) in [6.07, 6.45) is 3.71. The summed E-state index contributed by atoms with van der Waals surface area (Å²) < 4.78 is 0. The molecular formula is C12H13N3O2S. The molecule has 1 fully saturated rings. The first-order chi connectivity index (χ1) is 8.66. The molecule has 6 heteroatoms. The van der Waals surface area contributed by atoms with E-state index in [0.29, 0.717) is 16.7 Å². The summed E-state index contributed by atoms with van der Waals surface area (Å²) in [6.45, 7) is 0. The first-order valence-corrected chi connectivity index (χ1v) is 5.99. The largest absolute Gasteiger partial charge is 0.478 e. The average Bonchev–Trinajstić information content (AvgIpc) is 3.13. The molecule has 1 aliphatic rings. The van der Waals surface area contributed by atoms with Gasteiger partial charge in [0.15, 0.2) is 5.11 Å². The van der Waals surface area contributed by atoms with Crippen LogP contribution in [-0.2, 0) is 0 Å². The number of nitrogens with zero attached hydrogens (tertiary/aromatic N) is 1. The molecule has 0 amide bonds. The zero-order valence-corrected chi connectivity index (χ0v) is 10.4. The van der Waals surface area contributed by atoms with Gasteiger partial charge >= 0.3 is 5.97 Å². The number of thiocarbonyl (C=S) groups is 1. The van der Waals surface area contributed by atoms with Crippen molar-refractivity contribution in [2.24, 2.45) is 5.10 Å². The van der Waals surface area contributed by atoms with Gasteiger partial charge in [-0.25, -0.2) is 4.79 Å². The van der Waals surface area contributed by atoms with Crippen molar-refractivity contribution in [2.45, 2.75) is 18.9 Å². The summed E-state index contributed by atoms with van der Waals surface area (Å²) in [4.78, 5) is 11.0. The number of carboxylic acids is 1. The van der Waals surface area contributed by atoms with Crippen LogP contribution >= 0.6 is 12.2 Å². The van der Waals surface area contributed by atoms with Crippen molar-refractivity contribution in [3.05, 3.63) is 35.4 Å². The number of hydrogen-bond donors (Lipinski definition) is 3. The SMILES string of the molecule is O=C(O)c1ccccc1/C=N/NC(=S)NC1CC1. The van der Waals surface area contributed by atoms with E-state index in [1.165, 1.54) is 12.3 Å². The fraction of sp³-hybridized carbons (Fsp3) is 0.250. The number of carboxylic acid groups (broad SMARTS) is 1. The quantitative estimate of drug-likeness (QED) is 0.434. The van der Waals surface area contributed by atoms with Gasteiger partial charge in [-0.05, 0) is 31.1 Å². The highest BCUT2D eigenvalue weighted by Gasteiger charge is 2.21. The lowest BCUT2D eigenvalue weighted by Crippen LogP contribution is -2.33. The van der Waals surface area contributed by atoms with Gasteiger partial charge in [-0.1, -0.05) is 18.2 Å². The lowest BCUT2D eigenvalue weighted by molar-refractivity contribution is 0.0697. The van der Waals surface area contributed by atoms with Gasteiger partial charge in [-0.15, -0.1) is 0 Å². The predicted octanol–water partition coefficient (Wildman–Crippen LogP) is 1.35. The minimum Gasteiger partial charge on any atom is -0.478 e. The number of hydrazone groups is 1. The van der Waals surface area contributed by atoms with E-state index in [0.717, 1.165) is 12.8 Å². The maximum absolute atomic E-state index is 11.0. The Kier molecular flexibility index (Phi) is 3.88. The Balaban J connectivity index is 1.95. The Morgan fingerprint density at radius 3 is 2.83 bits per heavy atom. The van der Waals surface area contributed by atoms with Crippen molar-refractivity contribution in [1.29, 1.82) is 0 Å². The topological polar surface area (TPSA) is 73.7 Å². The maximum Gasteiger partial charge on any atom is 0.336 e. The smallest absolute Gasteiger partial charge is 0.336 e. The second kappa shape index (κ2) is 5.59. The molecule has 1 aromatic rings. The van der Waals surface area contributed by atoms with Crippen LogP contribution in [-0.4, -0.2) is 28.4 Å². The van der Waals surface area contributed by atoms with Crippen LogP contribution in [0.4, 0.5) is 0 Å². The van der Waals surface area contributed by atoms with E-state index in [9.17, 15) is 4.79 Å². The van der Waals surface area contributed by atoms with Crippen LogP contribution in [0.5, 0.6) is 0 Å². The van der Waals surface area contributed by atoms with Gasteiger partial charge in [0.2, 0.25) is 0 Å². The van der Waals surface area contributed by atoms with Crippen LogP contribution in [0.15, 0.2) is 29.4 Å². The van der Waals surface area contributed by atoms with Crippen molar-refractivity contribution in [3.63, 3.8) is 0 Å². The van der Waals surface area contributed by atoms with Crippen molar-refractivity contribution in [2.75, 3.05) is 0 Å². The maximum atomic E-state index is 11.0. The minimum atomic E-state index is -0.976. The number of benzene rings is 1. The van der Waals surface area contributed by atoms with Crippen LogP contribution in [0.25, 0.3) is 0 Å². The zero-order valence-electron chi connectivity index (χ0n) is 9.59. The van der Waals surface area contributed by atoms with Crippen molar-refractivity contribution < 1.29 is 9.90 Å². The Bertz CT molecular complexity index is 498. The van der Waals surface area contributed by atoms with E-state index in [1.54, 1.807) is 18.2 Å². The van der Waals surface area contributed by atoms with Gasteiger partial charge in [0.05, 0.1) is 11.8 Å². The number of nitrogens with one attached hydrogen (secondary N) is 2. The monoisotopic (exact) mass is 263 g/mol. The fourth-order valence-electron chi connectivity index (χ4n) is 1.41. The lowest BCUT2D eigenvalue weighted by Gasteiger charge is -2.04. The number of carbonyl (C=O) groups is 1. The van der Waals surface area contributed by atoms with E-state index >= 15 is 0 Å². The fourth-order valence-corrected chi connectivity index (χ4v) is 1.63. The first kappa shape index (κ1) is 12.5. The van der Waals surface area contributed by atoms with Crippen LogP contribution in [0, 0.1) is 0 Å². The summed E-state index contributed by atoms with van der Waals surface area (Å²) in [7, 11) is 0. The van der Waals surface area contributed by atoms with Crippen LogP contribution in [0.3, 0.4) is 0 Å². The molecule has 0 aromatic heterocycles. The lowest BCUT2D eigenvalue weighted by atomic mass is 10.1. The van der Waals surface area contributed by atoms with Crippen molar-refractivity contribution >= 4 is 29.5 Å². The number of aromatic carboxylic acids is 1. The molecule has 0 radical (unpaired) electrons. The van der Waals surface area contributed by atoms with Crippen molar-refractivity contribution in [1.82, 2.24) is 10.7 Å². The summed E-state index contributed by atoms with van der Waals surface area (Å²) in [6, 6.07) is 7.12. The molecule has 18 heavy (non-hydrogen) atoms. The molecule has 2 rings (SSSR count). The molecule has 1 aliphatic carbocycles. The first-order valence-electron chi connectivity index (χ1n) is 5.58. The highest BCUT2D eigenvalue weighted by atomic mass is 32.1. The van der Waals surface area contributed by atoms with E-state index in [1.807, 2.05) is 0 Å². The highest BCUT2D eigenvalue weighted by molar-refractivity contribution is 7.80. The Morgan fingerprint density at radius 2 is 2.17 bits per heavy atom. The molecule has 0 aliphatic heterocycles. The second-order valence-corrected chi connectivity index (χ2v) is 4.42. The van der Waals surface area contributed by atoms with Gasteiger partial charge in [0, 0.05) is 11.6 Å². The van der Waals surface area contributed by atoms with E-state index in [-0.39, 0.29) is 5.56 Å². The summed E-state index contributed by atoms with van der Waals surface area (Å²) in [5, 5.41) is 16.4. The second-order valence-electron chi connectivity index (χ2n) is 4.01. The summed E-state index contributed by atoms with van der Waals surface area (Å²) in [5.41, 5.74) is 3.41. The zero-order chi connectivity index (χ0) is 13.0. The number of rotatable bonds is 4. The normalized spacial score (nSPS) is 14.4. The van der Waals surface area contributed by atoms with Crippen LogP contribution < -0.4 is 10.7 Å². The Labute approximate surface area is 110 Å². The number of hydrogen-bond acceptors (Lipinski definition) is 3. The van der Waals surface area contributed by atoms with E-state index in [4.69, 9.17) is 17.3 Å². The predicted molar refractivity (Wildman–Crippen MR) is 72.9 cm³/mol. The molecule has 0 unspecified atom stereocenters. The third-order valence-corrected chi connectivity index (χ3v) is 2.68. The molecule has 1 aromatic carbocycles. The molecule has 94 valence electrons. The highest BCUT2D eigenvalue weighted by Crippen LogP contribution is 2.18. The molecule has 0 saturated heterocycles. The van der Waals surface area contributed by atoms with Gasteiger partial charge < -0.3 is 10.4 Å². The Morgan fingerprint density at radius 1 is 1.44 bits per heavy atom. The standard InChI is InChI=1S/C12H13N3O2S/c16-11(17)10-4-2-1-3-8(10)7-13-15-12(18)14-9-5-6-9/h1-4,7,9H,5-6H2,(H,16,17)(H2,14,15,18)/b13-7+. The van der Waals surface area contributed by atoms with Gasteiger partial charge in [-0.3, -0.25) is 5.43 Å². The Hall–Kier alpha value is -1.95. The molecular weight excluding hydrogens is 250 g/mol. The van der Waals surface area contributed by atoms with Gasteiger partial charge in [0.25, 0.3) is 0 Å². The molecule has 0 heterocycles.